The third kappa shape index (κ3) is 7.29. The monoisotopic (exact) mass is 378 g/mol. The van der Waals surface area contributed by atoms with Gasteiger partial charge < -0.3 is 19.7 Å². The largest absolute Gasteiger partial charge is 0.467 e. The number of esters is 1. The zero-order valence-electron chi connectivity index (χ0n) is 16.7. The number of nitrogens with zero attached hydrogens (tertiary/aromatic N) is 1. The number of benzene rings is 1. The van der Waals surface area contributed by atoms with Crippen LogP contribution in [-0.2, 0) is 25.7 Å². The third-order valence-corrected chi connectivity index (χ3v) is 4.09. The van der Waals surface area contributed by atoms with Gasteiger partial charge in [0.2, 0.25) is 5.91 Å². The number of carbonyl (C=O) groups is 3. The average Bonchev–Trinajstić information content (AvgIpc) is 2.65. The number of amides is 2. The van der Waals surface area contributed by atoms with Crippen molar-refractivity contribution >= 4 is 18.0 Å². The van der Waals surface area contributed by atoms with Gasteiger partial charge >= 0.3 is 12.1 Å². The molecule has 1 N–H and O–H groups in total. The molecule has 0 aliphatic rings. The minimum absolute atomic E-state index is 0.114. The molecule has 150 valence electrons. The average molecular weight is 378 g/mol. The zero-order valence-corrected chi connectivity index (χ0v) is 16.7. The van der Waals surface area contributed by atoms with E-state index < -0.39 is 24.1 Å². The van der Waals surface area contributed by atoms with Crippen LogP contribution in [0.25, 0.3) is 0 Å². The first-order chi connectivity index (χ1) is 12.8. The summed E-state index contributed by atoms with van der Waals surface area (Å²) in [6.45, 7) is 7.74. The number of hydrogen-bond donors (Lipinski definition) is 1. The fourth-order valence-electron chi connectivity index (χ4n) is 2.72. The molecule has 2 atom stereocenters. The van der Waals surface area contributed by atoms with Crippen LogP contribution in [0.2, 0.25) is 0 Å². The summed E-state index contributed by atoms with van der Waals surface area (Å²) in [5.41, 5.74) is 0.851. The van der Waals surface area contributed by atoms with E-state index in [0.717, 1.165) is 5.56 Å². The number of alkyl carbamates (subject to hydrolysis) is 1. The number of nitrogens with one attached hydrogen (secondary N) is 1. The highest BCUT2D eigenvalue weighted by Crippen LogP contribution is 2.15. The van der Waals surface area contributed by atoms with E-state index in [1.165, 1.54) is 12.0 Å². The Labute approximate surface area is 161 Å². The normalized spacial score (nSPS) is 12.8. The number of likely N-dealkylation sites (N-methyl/N-ethyl adjacent to an activating group) is 1. The summed E-state index contributed by atoms with van der Waals surface area (Å²) in [4.78, 5) is 38.3. The molecule has 1 aromatic rings. The summed E-state index contributed by atoms with van der Waals surface area (Å²) in [7, 11) is 1.30. The highest BCUT2D eigenvalue weighted by atomic mass is 16.5. The lowest BCUT2D eigenvalue weighted by atomic mass is 10.0. The molecule has 0 unspecified atom stereocenters. The van der Waals surface area contributed by atoms with Gasteiger partial charge in [-0.2, -0.15) is 0 Å². The Balaban J connectivity index is 2.69. The van der Waals surface area contributed by atoms with Crippen molar-refractivity contribution < 1.29 is 23.9 Å². The Hall–Kier alpha value is -2.57. The number of rotatable bonds is 9. The van der Waals surface area contributed by atoms with E-state index in [1.54, 1.807) is 13.8 Å². The predicted octanol–water partition coefficient (Wildman–Crippen LogP) is 2.74. The van der Waals surface area contributed by atoms with E-state index in [-0.39, 0.29) is 18.4 Å². The molecule has 0 fully saturated rings. The summed E-state index contributed by atoms with van der Waals surface area (Å²) in [6, 6.07) is 7.75. The van der Waals surface area contributed by atoms with Crippen LogP contribution in [-0.4, -0.2) is 48.6 Å². The van der Waals surface area contributed by atoms with Crippen molar-refractivity contribution in [1.29, 1.82) is 0 Å². The molecule has 0 aromatic heterocycles. The molecule has 1 aromatic carbocycles. The van der Waals surface area contributed by atoms with E-state index in [1.807, 2.05) is 44.2 Å². The molecular formula is C20H30N2O5. The summed E-state index contributed by atoms with van der Waals surface area (Å²) in [6.07, 6.45) is -0.202. The van der Waals surface area contributed by atoms with Gasteiger partial charge in [-0.1, -0.05) is 44.2 Å². The Morgan fingerprint density at radius 2 is 1.74 bits per heavy atom. The molecule has 27 heavy (non-hydrogen) atoms. The van der Waals surface area contributed by atoms with Gasteiger partial charge in [0.25, 0.3) is 0 Å². The maximum atomic E-state index is 12.8. The van der Waals surface area contributed by atoms with E-state index >= 15 is 0 Å². The molecule has 1 rings (SSSR count). The quantitative estimate of drug-likeness (QED) is 0.668. The Morgan fingerprint density at radius 1 is 1.11 bits per heavy atom. The number of carbonyl (C=O) groups excluding carboxylic acids is 3. The summed E-state index contributed by atoms with van der Waals surface area (Å²) in [5, 5.41) is 2.53. The molecule has 7 nitrogen and oxygen atoms in total. The predicted molar refractivity (Wildman–Crippen MR) is 102 cm³/mol. The molecule has 7 heteroatoms. The standard InChI is InChI=1S/C20H30N2O5/c1-6-22(17(12-14(2)3)19(24)26-5)18(23)15(4)21-20(25)27-13-16-10-8-7-9-11-16/h7-11,14-15,17H,6,12-13H2,1-5H3,(H,21,25)/t15-,17-/m0/s1. The van der Waals surface area contributed by atoms with Gasteiger partial charge in [0, 0.05) is 6.54 Å². The highest BCUT2D eigenvalue weighted by Gasteiger charge is 2.33. The maximum absolute atomic E-state index is 12.8. The van der Waals surface area contributed by atoms with Crippen LogP contribution in [0.5, 0.6) is 0 Å². The smallest absolute Gasteiger partial charge is 0.408 e. The summed E-state index contributed by atoms with van der Waals surface area (Å²) in [5.74, 6) is -0.613. The Bertz CT molecular complexity index is 618. The van der Waals surface area contributed by atoms with Gasteiger partial charge in [0.05, 0.1) is 7.11 Å². The van der Waals surface area contributed by atoms with E-state index in [0.29, 0.717) is 13.0 Å². The van der Waals surface area contributed by atoms with Gasteiger partial charge in [0.15, 0.2) is 0 Å². The molecule has 0 aliphatic heterocycles. The SMILES string of the molecule is CCN(C(=O)[C@H](C)NC(=O)OCc1ccccc1)[C@@H](CC(C)C)C(=O)OC. The summed E-state index contributed by atoms with van der Waals surface area (Å²) < 4.78 is 9.99. The van der Waals surface area contributed by atoms with E-state index in [4.69, 9.17) is 9.47 Å². The van der Waals surface area contributed by atoms with Crippen molar-refractivity contribution in [3.63, 3.8) is 0 Å². The van der Waals surface area contributed by atoms with E-state index in [9.17, 15) is 14.4 Å². The molecular weight excluding hydrogens is 348 g/mol. The van der Waals surface area contributed by atoms with Crippen LogP contribution in [0.1, 0.15) is 39.7 Å². The second kappa shape index (κ2) is 11.2. The van der Waals surface area contributed by atoms with Crippen molar-refractivity contribution in [3.8, 4) is 0 Å². The maximum Gasteiger partial charge on any atom is 0.408 e. The van der Waals surface area contributed by atoms with Crippen molar-refractivity contribution in [2.75, 3.05) is 13.7 Å². The van der Waals surface area contributed by atoms with Crippen molar-refractivity contribution in [2.24, 2.45) is 5.92 Å². The molecule has 2 amide bonds. The second-order valence-electron chi connectivity index (χ2n) is 6.72. The number of ether oxygens (including phenoxy) is 2. The van der Waals surface area contributed by atoms with Gasteiger partial charge in [-0.25, -0.2) is 9.59 Å². The fourth-order valence-corrected chi connectivity index (χ4v) is 2.72. The van der Waals surface area contributed by atoms with Crippen LogP contribution < -0.4 is 5.32 Å². The van der Waals surface area contributed by atoms with Crippen LogP contribution in [0.3, 0.4) is 0 Å². The van der Waals surface area contributed by atoms with Crippen LogP contribution in [0.15, 0.2) is 30.3 Å². The topological polar surface area (TPSA) is 84.9 Å². The molecule has 0 radical (unpaired) electrons. The van der Waals surface area contributed by atoms with Crippen molar-refractivity contribution in [2.45, 2.75) is 52.8 Å². The summed E-state index contributed by atoms with van der Waals surface area (Å²) >= 11 is 0. The lowest BCUT2D eigenvalue weighted by Crippen LogP contribution is -2.53. The minimum Gasteiger partial charge on any atom is -0.467 e. The number of hydrogen-bond acceptors (Lipinski definition) is 5. The van der Waals surface area contributed by atoms with Crippen LogP contribution in [0, 0.1) is 5.92 Å². The highest BCUT2D eigenvalue weighted by molar-refractivity contribution is 5.89. The number of methoxy groups -OCH3 is 1. The van der Waals surface area contributed by atoms with Crippen LogP contribution >= 0.6 is 0 Å². The van der Waals surface area contributed by atoms with Gasteiger partial charge in [-0.05, 0) is 31.7 Å². The van der Waals surface area contributed by atoms with E-state index in [2.05, 4.69) is 5.32 Å². The molecule has 0 bridgehead atoms. The van der Waals surface area contributed by atoms with Gasteiger partial charge in [0.1, 0.15) is 18.7 Å². The second-order valence-corrected chi connectivity index (χ2v) is 6.72. The molecule has 0 spiro atoms. The van der Waals surface area contributed by atoms with Crippen molar-refractivity contribution in [3.05, 3.63) is 35.9 Å². The minimum atomic E-state index is -0.826. The molecule has 0 aliphatic carbocycles. The van der Waals surface area contributed by atoms with Gasteiger partial charge in [-0.15, -0.1) is 0 Å². The first-order valence-electron chi connectivity index (χ1n) is 9.15. The Morgan fingerprint density at radius 3 is 2.26 bits per heavy atom. The van der Waals surface area contributed by atoms with Crippen LogP contribution in [0.4, 0.5) is 4.79 Å². The molecule has 0 saturated carbocycles. The molecule has 0 heterocycles. The Kier molecular flexibility index (Phi) is 9.33. The fraction of sp³-hybridized carbons (Fsp3) is 0.550. The van der Waals surface area contributed by atoms with Gasteiger partial charge in [-0.3, -0.25) is 4.79 Å². The zero-order chi connectivity index (χ0) is 20.4. The van der Waals surface area contributed by atoms with Crippen molar-refractivity contribution in [1.82, 2.24) is 10.2 Å². The lowest BCUT2D eigenvalue weighted by Gasteiger charge is -2.32. The first-order valence-corrected chi connectivity index (χ1v) is 9.15. The third-order valence-electron chi connectivity index (χ3n) is 4.09. The lowest BCUT2D eigenvalue weighted by molar-refractivity contribution is -0.154. The first kappa shape index (κ1) is 22.5. The molecule has 0 saturated heterocycles.